The Balaban J connectivity index is 1.32. The van der Waals surface area contributed by atoms with Crippen molar-refractivity contribution in [1.29, 1.82) is 0 Å². The number of nitrogens with one attached hydrogen (secondary N) is 1. The molecule has 2 aromatic carbocycles. The van der Waals surface area contributed by atoms with Gasteiger partial charge >= 0.3 is 0 Å². The number of thiazole rings is 1. The third-order valence-corrected chi connectivity index (χ3v) is 4.79. The lowest BCUT2D eigenvalue weighted by Crippen LogP contribution is -2.31. The molecule has 0 saturated carbocycles. The van der Waals surface area contributed by atoms with Gasteiger partial charge in [0.2, 0.25) is 0 Å². The summed E-state index contributed by atoms with van der Waals surface area (Å²) in [4.78, 5) is 16.9. The molecule has 2 aromatic heterocycles. The highest BCUT2D eigenvalue weighted by atomic mass is 32.1. The van der Waals surface area contributed by atoms with Gasteiger partial charge in [0, 0.05) is 0 Å². The smallest absolute Gasteiger partial charge is 0.287 e. The Bertz CT molecular complexity index is 1190. The Morgan fingerprint density at radius 1 is 1.00 bits per heavy atom. The van der Waals surface area contributed by atoms with Gasteiger partial charge in [-0.15, -0.1) is 0 Å². The van der Waals surface area contributed by atoms with Crippen LogP contribution in [0.3, 0.4) is 0 Å². The van der Waals surface area contributed by atoms with Gasteiger partial charge in [0.15, 0.2) is 5.76 Å². The first-order chi connectivity index (χ1) is 15.2. The standard InChI is InChI=1S/C24H18N2O4S/c1-17(26-23(27)22-8-5-15-28-22)9-14-21-16-25-24(31-21)30-20-12-10-19(11-13-20)29-18-6-3-2-4-7-18/h2-8,10-13,15-17H,1H3,(H,26,27). The number of ether oxygens (including phenoxy) is 2. The molecule has 0 aliphatic heterocycles. The van der Waals surface area contributed by atoms with Crippen LogP contribution in [-0.4, -0.2) is 16.9 Å². The van der Waals surface area contributed by atoms with Crippen molar-refractivity contribution in [2.24, 2.45) is 0 Å². The highest BCUT2D eigenvalue weighted by Gasteiger charge is 2.10. The van der Waals surface area contributed by atoms with Crippen LogP contribution in [0.4, 0.5) is 0 Å². The minimum absolute atomic E-state index is 0.252. The Labute approximate surface area is 183 Å². The number of hydrogen-bond acceptors (Lipinski definition) is 6. The Kier molecular flexibility index (Phi) is 6.31. The van der Waals surface area contributed by atoms with Crippen molar-refractivity contribution >= 4 is 17.2 Å². The van der Waals surface area contributed by atoms with E-state index in [4.69, 9.17) is 13.9 Å². The fourth-order valence-corrected chi connectivity index (χ4v) is 3.20. The molecule has 1 atom stereocenters. The maximum Gasteiger partial charge on any atom is 0.287 e. The van der Waals surface area contributed by atoms with Gasteiger partial charge in [-0.3, -0.25) is 4.79 Å². The summed E-state index contributed by atoms with van der Waals surface area (Å²) in [6, 6.07) is 19.8. The minimum Gasteiger partial charge on any atom is -0.459 e. The van der Waals surface area contributed by atoms with E-state index in [1.165, 1.54) is 17.6 Å². The summed E-state index contributed by atoms with van der Waals surface area (Å²) in [5.74, 6) is 8.06. The number of para-hydroxylation sites is 1. The van der Waals surface area contributed by atoms with Gasteiger partial charge in [-0.05, 0) is 55.5 Å². The summed E-state index contributed by atoms with van der Waals surface area (Å²) in [5.41, 5.74) is 0. The Hall–Kier alpha value is -4.02. The van der Waals surface area contributed by atoms with E-state index >= 15 is 0 Å². The minimum atomic E-state index is -0.346. The number of nitrogens with zero attached hydrogens (tertiary/aromatic N) is 1. The summed E-state index contributed by atoms with van der Waals surface area (Å²) in [7, 11) is 0. The lowest BCUT2D eigenvalue weighted by atomic mass is 10.3. The molecule has 0 aliphatic carbocycles. The molecule has 4 rings (SSSR count). The molecule has 0 aliphatic rings. The second-order valence-electron chi connectivity index (χ2n) is 6.42. The van der Waals surface area contributed by atoms with E-state index < -0.39 is 0 Å². The van der Waals surface area contributed by atoms with Crippen molar-refractivity contribution in [1.82, 2.24) is 10.3 Å². The van der Waals surface area contributed by atoms with Gasteiger partial charge in [-0.1, -0.05) is 41.4 Å². The highest BCUT2D eigenvalue weighted by Crippen LogP contribution is 2.29. The number of benzene rings is 2. The van der Waals surface area contributed by atoms with Gasteiger partial charge < -0.3 is 19.2 Å². The fraction of sp³-hybridized carbons (Fsp3) is 0.0833. The number of hydrogen-bond donors (Lipinski definition) is 1. The van der Waals surface area contributed by atoms with Crippen LogP contribution in [0.25, 0.3) is 0 Å². The zero-order valence-corrected chi connectivity index (χ0v) is 17.4. The van der Waals surface area contributed by atoms with Gasteiger partial charge in [-0.25, -0.2) is 4.98 Å². The maximum atomic E-state index is 11.9. The Morgan fingerprint density at radius 2 is 1.71 bits per heavy atom. The zero-order valence-electron chi connectivity index (χ0n) is 16.6. The second kappa shape index (κ2) is 9.65. The number of furan rings is 1. The van der Waals surface area contributed by atoms with Crippen molar-refractivity contribution in [3.05, 3.63) is 89.8 Å². The number of aromatic nitrogens is 1. The molecule has 0 spiro atoms. The van der Waals surface area contributed by atoms with Crippen LogP contribution >= 0.6 is 11.3 Å². The summed E-state index contributed by atoms with van der Waals surface area (Å²) >= 11 is 1.32. The normalized spacial score (nSPS) is 11.1. The molecule has 0 radical (unpaired) electrons. The third-order valence-electron chi connectivity index (χ3n) is 4.00. The van der Waals surface area contributed by atoms with Crippen molar-refractivity contribution < 1.29 is 18.7 Å². The van der Waals surface area contributed by atoms with Crippen LogP contribution in [0.15, 0.2) is 83.6 Å². The average Bonchev–Trinajstić information content (AvgIpc) is 3.47. The van der Waals surface area contributed by atoms with Gasteiger partial charge in [0.05, 0.1) is 18.5 Å². The summed E-state index contributed by atoms with van der Waals surface area (Å²) in [6.07, 6.45) is 3.09. The molecule has 0 fully saturated rings. The van der Waals surface area contributed by atoms with Gasteiger partial charge in [0.1, 0.15) is 22.1 Å². The first kappa shape index (κ1) is 20.3. The molecule has 31 heavy (non-hydrogen) atoms. The summed E-state index contributed by atoms with van der Waals surface area (Å²) in [6.45, 7) is 1.80. The van der Waals surface area contributed by atoms with Crippen LogP contribution in [0, 0.1) is 11.8 Å². The van der Waals surface area contributed by atoms with Crippen molar-refractivity contribution in [3.8, 4) is 34.3 Å². The summed E-state index contributed by atoms with van der Waals surface area (Å²) in [5, 5.41) is 3.24. The molecule has 0 bridgehead atoms. The van der Waals surface area contributed by atoms with Crippen molar-refractivity contribution in [3.63, 3.8) is 0 Å². The largest absolute Gasteiger partial charge is 0.459 e. The second-order valence-corrected chi connectivity index (χ2v) is 7.41. The van der Waals surface area contributed by atoms with Crippen molar-refractivity contribution in [2.75, 3.05) is 0 Å². The van der Waals surface area contributed by atoms with E-state index in [1.54, 1.807) is 25.3 Å². The van der Waals surface area contributed by atoms with Crippen LogP contribution in [0.2, 0.25) is 0 Å². The van der Waals surface area contributed by atoms with E-state index in [2.05, 4.69) is 22.1 Å². The van der Waals surface area contributed by atoms with E-state index in [0.717, 1.165) is 16.4 Å². The van der Waals surface area contributed by atoms with Gasteiger partial charge in [0.25, 0.3) is 11.1 Å². The van der Waals surface area contributed by atoms with E-state index in [1.807, 2.05) is 54.6 Å². The predicted octanol–water partition coefficient (Wildman–Crippen LogP) is 5.49. The maximum absolute atomic E-state index is 11.9. The van der Waals surface area contributed by atoms with Crippen LogP contribution in [0.5, 0.6) is 22.4 Å². The van der Waals surface area contributed by atoms with Crippen LogP contribution in [-0.2, 0) is 0 Å². The number of amides is 1. The molecule has 0 saturated heterocycles. The number of carbonyl (C=O) groups is 1. The molecule has 154 valence electrons. The fourth-order valence-electron chi connectivity index (χ4n) is 2.56. The topological polar surface area (TPSA) is 73.6 Å². The molecule has 1 amide bonds. The average molecular weight is 430 g/mol. The van der Waals surface area contributed by atoms with E-state index in [9.17, 15) is 4.79 Å². The molecular formula is C24H18N2O4S. The van der Waals surface area contributed by atoms with Crippen LogP contribution < -0.4 is 14.8 Å². The molecule has 7 heteroatoms. The first-order valence-electron chi connectivity index (χ1n) is 9.48. The Morgan fingerprint density at radius 3 is 2.42 bits per heavy atom. The number of rotatable bonds is 6. The molecular weight excluding hydrogens is 412 g/mol. The highest BCUT2D eigenvalue weighted by molar-refractivity contribution is 7.13. The van der Waals surface area contributed by atoms with Gasteiger partial charge in [-0.2, -0.15) is 0 Å². The molecule has 1 unspecified atom stereocenters. The molecule has 6 nitrogen and oxygen atoms in total. The summed E-state index contributed by atoms with van der Waals surface area (Å²) < 4.78 is 16.6. The third kappa shape index (κ3) is 5.75. The SMILES string of the molecule is CC(C#Cc1cnc(Oc2ccc(Oc3ccccc3)cc2)s1)NC(=O)c1ccco1. The quantitative estimate of drug-likeness (QED) is 0.410. The monoisotopic (exact) mass is 430 g/mol. The lowest BCUT2D eigenvalue weighted by Gasteiger charge is -2.06. The predicted molar refractivity (Wildman–Crippen MR) is 118 cm³/mol. The molecule has 2 heterocycles. The van der Waals surface area contributed by atoms with E-state index in [0.29, 0.717) is 10.9 Å². The van der Waals surface area contributed by atoms with E-state index in [-0.39, 0.29) is 17.7 Å². The first-order valence-corrected chi connectivity index (χ1v) is 10.3. The lowest BCUT2D eigenvalue weighted by molar-refractivity contribution is 0.0920. The van der Waals surface area contributed by atoms with Crippen LogP contribution in [0.1, 0.15) is 22.4 Å². The van der Waals surface area contributed by atoms with Crippen molar-refractivity contribution in [2.45, 2.75) is 13.0 Å². The number of carbonyl (C=O) groups excluding carboxylic acids is 1. The zero-order chi connectivity index (χ0) is 21.5. The molecule has 1 N–H and O–H groups in total. The molecule has 4 aromatic rings.